The van der Waals surface area contributed by atoms with Gasteiger partial charge in [-0.3, -0.25) is 25.0 Å². The van der Waals surface area contributed by atoms with Crippen molar-refractivity contribution in [1.29, 1.82) is 0 Å². The highest BCUT2D eigenvalue weighted by atomic mass is 19.2. The number of carbonyl (C=O) groups is 1. The summed E-state index contributed by atoms with van der Waals surface area (Å²) in [6.07, 6.45) is 6.57. The van der Waals surface area contributed by atoms with Gasteiger partial charge >= 0.3 is 0 Å². The predicted molar refractivity (Wildman–Crippen MR) is 177 cm³/mol. The number of halogens is 12. The molecule has 0 saturated heterocycles. The van der Waals surface area contributed by atoms with Crippen LogP contribution < -0.4 is 11.5 Å². The quantitative estimate of drug-likeness (QED) is 0.0635. The molecule has 0 bridgehead atoms. The Kier molecular flexibility index (Phi) is 23.8. The van der Waals surface area contributed by atoms with Crippen LogP contribution in [0.2, 0.25) is 0 Å². The predicted octanol–water partition coefficient (Wildman–Crippen LogP) is 8.25. The third-order valence-electron chi connectivity index (χ3n) is 6.69. The summed E-state index contributed by atoms with van der Waals surface area (Å²) in [4.78, 5) is 28.0. The van der Waals surface area contributed by atoms with Crippen LogP contribution in [0.1, 0.15) is 74.4 Å². The van der Waals surface area contributed by atoms with Gasteiger partial charge in [-0.2, -0.15) is 0 Å². The van der Waals surface area contributed by atoms with Crippen LogP contribution >= 0.6 is 0 Å². The summed E-state index contributed by atoms with van der Waals surface area (Å²) in [5.74, 6) is -18.6. The van der Waals surface area contributed by atoms with Crippen LogP contribution in [0.5, 0.6) is 0 Å². The first kappa shape index (κ1) is 52.1. The Morgan fingerprint density at radius 2 is 1.05 bits per heavy atom. The average Bonchev–Trinajstić information content (AvgIpc) is 3.11. The normalized spacial score (nSPS) is 12.8. The molecule has 0 amide bonds. The second kappa shape index (κ2) is 25.2. The van der Waals surface area contributed by atoms with Crippen molar-refractivity contribution in [2.45, 2.75) is 71.4 Å². The minimum absolute atomic E-state index is 0. The van der Waals surface area contributed by atoms with Gasteiger partial charge in [-0.05, 0) is 26.2 Å². The van der Waals surface area contributed by atoms with Crippen LogP contribution in [0.4, 0.5) is 52.7 Å². The molecular weight excluding hydrogens is 771 g/mol. The van der Waals surface area contributed by atoms with Crippen LogP contribution in [-0.2, 0) is 6.42 Å². The Morgan fingerprint density at radius 3 is 1.31 bits per heavy atom. The molecule has 55 heavy (non-hydrogen) atoms. The van der Waals surface area contributed by atoms with Crippen molar-refractivity contribution in [2.75, 3.05) is 6.54 Å². The Hall–Kier alpha value is -4.99. The molecule has 1 aliphatic carbocycles. The lowest BCUT2D eigenvalue weighted by atomic mass is 9.97. The van der Waals surface area contributed by atoms with Gasteiger partial charge in [-0.25, -0.2) is 52.7 Å². The van der Waals surface area contributed by atoms with E-state index >= 15 is 0 Å². The van der Waals surface area contributed by atoms with Crippen LogP contribution in [0.15, 0.2) is 23.9 Å². The van der Waals surface area contributed by atoms with E-state index in [0.717, 1.165) is 6.92 Å². The van der Waals surface area contributed by atoms with Crippen LogP contribution in [0.3, 0.4) is 0 Å². The molecule has 1 atom stereocenters. The van der Waals surface area contributed by atoms with Gasteiger partial charge in [0.2, 0.25) is 12.2 Å². The van der Waals surface area contributed by atoms with E-state index < -0.39 is 103 Å². The van der Waals surface area contributed by atoms with E-state index in [4.69, 9.17) is 11.5 Å². The molecule has 4 N–H and O–H groups in total. The number of nitrogens with two attached hydrogens (primary N) is 2. The highest BCUT2D eigenvalue weighted by Gasteiger charge is 2.21. The number of hydrogen-bond donors (Lipinski definition) is 2. The van der Waals surface area contributed by atoms with Gasteiger partial charge in [0.05, 0.1) is 16.1 Å². The first-order chi connectivity index (χ1) is 25.0. The monoisotopic (exact) mass is 805 g/mol. The first-order valence-electron chi connectivity index (χ1n) is 15.4. The lowest BCUT2D eigenvalue weighted by molar-refractivity contribution is -0.475. The molecule has 3 aromatic carbocycles. The summed E-state index contributed by atoms with van der Waals surface area (Å²) >= 11 is 0. The fourth-order valence-electron chi connectivity index (χ4n) is 3.93. The van der Waals surface area contributed by atoms with Gasteiger partial charge in [0, 0.05) is 69.1 Å². The number of nitrogens with zero attached hydrogens (tertiary/aromatic N) is 2. The standard InChI is InChI=1S/C9H5F4NO2.C9H9F4N.C7H2F4O.C6H13N.C2H5NO2.B/c1-4(14(15)16)2-5-8(12)6(10)3-7(11)9(5)13;1-4(14)2-5-8(12)6(10)3-7(11)9(5)13;8-4-1-5(9)7(11)3(2-12)6(4)10;7-6-4-2-1-3-5-6;1-2-3(4)5;/h2-3H,1H3;3-4H,2,14H2,1H3;1-2H;6H,1-5,7H2;2H2,1H3;/b4-2+;;;;;. The van der Waals surface area contributed by atoms with Gasteiger partial charge in [0.1, 0.15) is 0 Å². The van der Waals surface area contributed by atoms with E-state index in [1.165, 1.54) is 46.0 Å². The lowest BCUT2D eigenvalue weighted by Crippen LogP contribution is -2.22. The van der Waals surface area contributed by atoms with E-state index in [2.05, 4.69) is 0 Å². The van der Waals surface area contributed by atoms with Gasteiger partial charge in [0.25, 0.3) is 0 Å². The second-order valence-corrected chi connectivity index (χ2v) is 11.1. The molecule has 3 aromatic rings. The van der Waals surface area contributed by atoms with Gasteiger partial charge in [0.15, 0.2) is 76.1 Å². The van der Waals surface area contributed by atoms with Gasteiger partial charge in [-0.15, -0.1) is 0 Å². The maximum Gasteiger partial charge on any atom is 0.244 e. The molecule has 9 nitrogen and oxygen atoms in total. The van der Waals surface area contributed by atoms with E-state index in [1.807, 2.05) is 0 Å². The van der Waals surface area contributed by atoms with Crippen molar-refractivity contribution in [3.63, 3.8) is 0 Å². The first-order valence-corrected chi connectivity index (χ1v) is 15.4. The van der Waals surface area contributed by atoms with E-state index in [1.54, 1.807) is 0 Å². The zero-order chi connectivity index (χ0) is 42.0. The van der Waals surface area contributed by atoms with Gasteiger partial charge in [-0.1, -0.05) is 19.3 Å². The number of hydrogen-bond acceptors (Lipinski definition) is 7. The smallest absolute Gasteiger partial charge is 0.244 e. The lowest BCUT2D eigenvalue weighted by Gasteiger charge is -2.15. The topological polar surface area (TPSA) is 155 Å². The Bertz CT molecular complexity index is 1720. The molecule has 1 fully saturated rings. The molecule has 1 aliphatic rings. The molecule has 0 spiro atoms. The van der Waals surface area contributed by atoms with E-state index in [9.17, 15) is 77.7 Å². The molecule has 3 radical (unpaired) electrons. The Morgan fingerprint density at radius 1 is 0.727 bits per heavy atom. The van der Waals surface area contributed by atoms with E-state index in [-0.39, 0.29) is 50.8 Å². The zero-order valence-electron chi connectivity index (χ0n) is 29.2. The highest BCUT2D eigenvalue weighted by molar-refractivity contribution is 5.76. The van der Waals surface area contributed by atoms with Gasteiger partial charge < -0.3 is 11.5 Å². The molecular formula is C33H34BF12N4O5. The largest absolute Gasteiger partial charge is 0.328 e. The molecule has 0 heterocycles. The summed E-state index contributed by atoms with van der Waals surface area (Å²) in [7, 11) is 0. The summed E-state index contributed by atoms with van der Waals surface area (Å²) < 4.78 is 152. The Balaban J connectivity index is 0. The summed E-state index contributed by atoms with van der Waals surface area (Å²) in [5, 5.41) is 19.4. The third kappa shape index (κ3) is 17.4. The Labute approximate surface area is 308 Å². The van der Waals surface area contributed by atoms with Crippen LogP contribution in [0, 0.1) is 90.0 Å². The molecule has 0 aliphatic heterocycles. The number of aldehydes is 1. The molecule has 0 aromatic heterocycles. The highest BCUT2D eigenvalue weighted by Crippen LogP contribution is 2.23. The molecule has 1 saturated carbocycles. The molecule has 1 unspecified atom stereocenters. The summed E-state index contributed by atoms with van der Waals surface area (Å²) in [6, 6.07) is 0.213. The molecule has 22 heteroatoms. The molecule has 303 valence electrons. The number of rotatable bonds is 6. The average molecular weight is 805 g/mol. The van der Waals surface area contributed by atoms with Crippen molar-refractivity contribution in [1.82, 2.24) is 0 Å². The maximum absolute atomic E-state index is 13.0. The fourth-order valence-corrected chi connectivity index (χ4v) is 3.93. The van der Waals surface area contributed by atoms with Crippen molar-refractivity contribution in [3.05, 3.63) is 131 Å². The fraction of sp³-hybridized carbons (Fsp3) is 0.364. The van der Waals surface area contributed by atoms with Crippen molar-refractivity contribution in [2.24, 2.45) is 11.5 Å². The summed E-state index contributed by atoms with van der Waals surface area (Å²) in [6.45, 7) is 3.96. The van der Waals surface area contributed by atoms with Crippen molar-refractivity contribution in [3.8, 4) is 0 Å². The minimum atomic E-state index is -1.68. The third-order valence-corrected chi connectivity index (χ3v) is 6.69. The number of benzene rings is 3. The second-order valence-electron chi connectivity index (χ2n) is 11.1. The SMILES string of the molecule is C/C(=C\c1c(F)c(F)cc(F)c1F)[N+](=O)[O-].CC(N)Cc1c(F)c(F)cc(F)c1F.CC[N+](=O)[O-].NC1CCCCC1.O=Cc1c(F)c(F)cc(F)c1F.[B]. The molecule has 4 rings (SSSR count). The van der Waals surface area contributed by atoms with Crippen LogP contribution in [0.25, 0.3) is 6.08 Å². The van der Waals surface area contributed by atoms with Crippen LogP contribution in [-0.4, -0.2) is 43.2 Å². The number of carbonyl (C=O) groups excluding carboxylic acids is 1. The number of nitro groups is 2. The minimum Gasteiger partial charge on any atom is -0.328 e. The maximum atomic E-state index is 13.0. The summed E-state index contributed by atoms with van der Waals surface area (Å²) in [5.41, 5.74) is 7.31. The van der Waals surface area contributed by atoms with E-state index in [0.29, 0.717) is 12.1 Å². The zero-order valence-corrected chi connectivity index (χ0v) is 29.2. The van der Waals surface area contributed by atoms with Crippen molar-refractivity contribution >= 4 is 20.8 Å². The number of allylic oxidation sites excluding steroid dienone is 1. The van der Waals surface area contributed by atoms with Crippen molar-refractivity contribution < 1.29 is 67.3 Å².